The molecule has 0 spiro atoms. The molecule has 0 N–H and O–H groups in total. The van der Waals surface area contributed by atoms with E-state index < -0.39 is 0 Å². The van der Waals surface area contributed by atoms with Gasteiger partial charge in [0.05, 0.1) is 6.61 Å². The van der Waals surface area contributed by atoms with E-state index in [-0.39, 0.29) is 0 Å². The minimum atomic E-state index is 0.352. The first-order valence-corrected chi connectivity index (χ1v) is 9.03. The van der Waals surface area contributed by atoms with Crippen molar-refractivity contribution in [3.8, 4) is 5.88 Å². The van der Waals surface area contributed by atoms with E-state index in [1.165, 1.54) is 0 Å². The van der Waals surface area contributed by atoms with Crippen LogP contribution in [-0.2, 0) is 0 Å². The van der Waals surface area contributed by atoms with Crippen LogP contribution in [0.2, 0.25) is 0 Å². The molecule has 0 amide bonds. The zero-order chi connectivity index (χ0) is 17.8. The molecule has 2 aromatic heterocycles. The molecule has 0 saturated carbocycles. The van der Waals surface area contributed by atoms with Crippen LogP contribution in [0, 0.1) is 19.8 Å². The Bertz CT molecular complexity index is 711. The Balaban J connectivity index is 1.53. The number of nitrogens with zero attached hydrogens (tertiary/aromatic N) is 5. The highest BCUT2D eigenvalue weighted by Crippen LogP contribution is 2.24. The molecule has 0 aliphatic carbocycles. The molecule has 1 fully saturated rings. The summed E-state index contributed by atoms with van der Waals surface area (Å²) in [5.41, 5.74) is 2.01. The Labute approximate surface area is 149 Å². The van der Waals surface area contributed by atoms with Gasteiger partial charge in [0.2, 0.25) is 5.88 Å². The predicted molar refractivity (Wildman–Crippen MR) is 98.1 cm³/mol. The SMILES string of the molecule is Cc1ncnc(OCC2CCN(c3ccnc(C(C)C)n3)CC2)c1C. The fourth-order valence-corrected chi connectivity index (χ4v) is 3.01. The first-order valence-electron chi connectivity index (χ1n) is 9.03. The number of piperidine rings is 1. The van der Waals surface area contributed by atoms with E-state index in [0.29, 0.717) is 24.3 Å². The van der Waals surface area contributed by atoms with Gasteiger partial charge in [0.25, 0.3) is 0 Å². The number of hydrogen-bond donors (Lipinski definition) is 0. The highest BCUT2D eigenvalue weighted by Gasteiger charge is 2.21. The van der Waals surface area contributed by atoms with Crippen LogP contribution in [0.1, 0.15) is 49.7 Å². The monoisotopic (exact) mass is 341 g/mol. The third kappa shape index (κ3) is 4.24. The van der Waals surface area contributed by atoms with Crippen LogP contribution in [0.25, 0.3) is 0 Å². The van der Waals surface area contributed by atoms with Gasteiger partial charge in [-0.05, 0) is 38.7 Å². The van der Waals surface area contributed by atoms with Crippen LogP contribution < -0.4 is 9.64 Å². The molecule has 134 valence electrons. The fourth-order valence-electron chi connectivity index (χ4n) is 3.01. The molecule has 2 aromatic rings. The van der Waals surface area contributed by atoms with Crippen molar-refractivity contribution in [3.05, 3.63) is 35.7 Å². The van der Waals surface area contributed by atoms with Gasteiger partial charge in [-0.2, -0.15) is 0 Å². The highest BCUT2D eigenvalue weighted by molar-refractivity contribution is 5.38. The second kappa shape index (κ2) is 7.76. The van der Waals surface area contributed by atoms with E-state index in [1.54, 1.807) is 6.33 Å². The lowest BCUT2D eigenvalue weighted by Gasteiger charge is -2.32. The Hall–Kier alpha value is -2.24. The molecule has 0 radical (unpaired) electrons. The van der Waals surface area contributed by atoms with E-state index in [4.69, 9.17) is 9.72 Å². The van der Waals surface area contributed by atoms with Crippen molar-refractivity contribution in [1.29, 1.82) is 0 Å². The van der Waals surface area contributed by atoms with Gasteiger partial charge in [-0.1, -0.05) is 13.8 Å². The zero-order valence-electron chi connectivity index (χ0n) is 15.6. The average molecular weight is 341 g/mol. The Kier molecular flexibility index (Phi) is 5.46. The predicted octanol–water partition coefficient (Wildman–Crippen LogP) is 3.30. The molecule has 1 aliphatic heterocycles. The summed E-state index contributed by atoms with van der Waals surface area (Å²) in [4.78, 5) is 19.8. The first-order chi connectivity index (χ1) is 12.0. The Morgan fingerprint density at radius 1 is 1.16 bits per heavy atom. The van der Waals surface area contributed by atoms with Crippen LogP contribution in [0.3, 0.4) is 0 Å². The average Bonchev–Trinajstić information content (AvgIpc) is 2.63. The smallest absolute Gasteiger partial charge is 0.219 e. The second-order valence-corrected chi connectivity index (χ2v) is 7.06. The first kappa shape index (κ1) is 17.6. The van der Waals surface area contributed by atoms with Crippen molar-refractivity contribution in [2.45, 2.75) is 46.5 Å². The molecule has 0 unspecified atom stereocenters. The van der Waals surface area contributed by atoms with Crippen molar-refractivity contribution in [2.24, 2.45) is 5.92 Å². The maximum absolute atomic E-state index is 5.95. The van der Waals surface area contributed by atoms with Gasteiger partial charge in [0.1, 0.15) is 18.0 Å². The van der Waals surface area contributed by atoms with Gasteiger partial charge < -0.3 is 9.64 Å². The van der Waals surface area contributed by atoms with E-state index in [1.807, 2.05) is 26.1 Å². The summed E-state index contributed by atoms with van der Waals surface area (Å²) < 4.78 is 5.95. The lowest BCUT2D eigenvalue weighted by molar-refractivity contribution is 0.214. The number of anilines is 1. The third-order valence-electron chi connectivity index (χ3n) is 4.86. The van der Waals surface area contributed by atoms with Crippen molar-refractivity contribution >= 4 is 5.82 Å². The normalized spacial score (nSPS) is 15.6. The van der Waals surface area contributed by atoms with Gasteiger partial charge in [0, 0.05) is 36.5 Å². The molecule has 0 atom stereocenters. The summed E-state index contributed by atoms with van der Waals surface area (Å²) in [5.74, 6) is 3.58. The molecule has 6 heteroatoms. The lowest BCUT2D eigenvalue weighted by Crippen LogP contribution is -2.36. The molecule has 25 heavy (non-hydrogen) atoms. The summed E-state index contributed by atoms with van der Waals surface area (Å²) in [6.07, 6.45) is 5.64. The Morgan fingerprint density at radius 2 is 1.92 bits per heavy atom. The minimum absolute atomic E-state index is 0.352. The molecule has 3 heterocycles. The molecular formula is C19H27N5O. The molecule has 0 bridgehead atoms. The van der Waals surface area contributed by atoms with Crippen LogP contribution >= 0.6 is 0 Å². The number of rotatable bonds is 5. The summed E-state index contributed by atoms with van der Waals surface area (Å²) in [6.45, 7) is 11.0. The van der Waals surface area contributed by atoms with Crippen LogP contribution in [-0.4, -0.2) is 39.6 Å². The molecular weight excluding hydrogens is 314 g/mol. The van der Waals surface area contributed by atoms with Crippen molar-refractivity contribution in [1.82, 2.24) is 19.9 Å². The molecule has 1 aliphatic rings. The maximum atomic E-state index is 5.95. The molecule has 3 rings (SSSR count). The summed E-state index contributed by atoms with van der Waals surface area (Å²) in [7, 11) is 0. The maximum Gasteiger partial charge on any atom is 0.219 e. The highest BCUT2D eigenvalue weighted by atomic mass is 16.5. The van der Waals surface area contributed by atoms with E-state index in [0.717, 1.165) is 48.8 Å². The summed E-state index contributed by atoms with van der Waals surface area (Å²) >= 11 is 0. The van der Waals surface area contributed by atoms with Gasteiger partial charge in [0.15, 0.2) is 0 Å². The number of aryl methyl sites for hydroxylation is 1. The standard InChI is InChI=1S/C19H27N5O/c1-13(2)18-20-8-5-17(23-18)24-9-6-16(7-10-24)11-25-19-14(3)15(4)21-12-22-19/h5,8,12-13,16H,6-7,9-11H2,1-4H3. The van der Waals surface area contributed by atoms with Crippen molar-refractivity contribution in [2.75, 3.05) is 24.6 Å². The van der Waals surface area contributed by atoms with Crippen LogP contribution in [0.4, 0.5) is 5.82 Å². The van der Waals surface area contributed by atoms with Gasteiger partial charge in [-0.25, -0.2) is 19.9 Å². The quantitative estimate of drug-likeness (QED) is 0.831. The largest absolute Gasteiger partial charge is 0.477 e. The number of hydrogen-bond acceptors (Lipinski definition) is 6. The second-order valence-electron chi connectivity index (χ2n) is 7.06. The van der Waals surface area contributed by atoms with Crippen molar-refractivity contribution in [3.63, 3.8) is 0 Å². The molecule has 0 aromatic carbocycles. The number of aromatic nitrogens is 4. The van der Waals surface area contributed by atoms with Gasteiger partial charge in [-0.15, -0.1) is 0 Å². The van der Waals surface area contributed by atoms with E-state index >= 15 is 0 Å². The van der Waals surface area contributed by atoms with Crippen molar-refractivity contribution < 1.29 is 4.74 Å². The minimum Gasteiger partial charge on any atom is -0.477 e. The molecule has 6 nitrogen and oxygen atoms in total. The fraction of sp³-hybridized carbons (Fsp3) is 0.579. The third-order valence-corrected chi connectivity index (χ3v) is 4.86. The van der Waals surface area contributed by atoms with Crippen LogP contribution in [0.5, 0.6) is 5.88 Å². The topological polar surface area (TPSA) is 64.0 Å². The molecule has 1 saturated heterocycles. The van der Waals surface area contributed by atoms with Crippen LogP contribution in [0.15, 0.2) is 18.6 Å². The summed E-state index contributed by atoms with van der Waals surface area (Å²) in [5, 5.41) is 0. The van der Waals surface area contributed by atoms with Gasteiger partial charge >= 0.3 is 0 Å². The number of ether oxygens (including phenoxy) is 1. The lowest BCUT2D eigenvalue weighted by atomic mass is 9.98. The summed E-state index contributed by atoms with van der Waals surface area (Å²) in [6, 6.07) is 2.01. The van der Waals surface area contributed by atoms with Gasteiger partial charge in [-0.3, -0.25) is 0 Å². The Morgan fingerprint density at radius 3 is 2.64 bits per heavy atom. The zero-order valence-corrected chi connectivity index (χ0v) is 15.6. The van der Waals surface area contributed by atoms with E-state index in [2.05, 4.69) is 33.7 Å². The van der Waals surface area contributed by atoms with E-state index in [9.17, 15) is 0 Å².